The van der Waals surface area contributed by atoms with Crippen molar-refractivity contribution in [3.8, 4) is 0 Å². The maximum absolute atomic E-state index is 5.44. The molecule has 0 atom stereocenters. The Bertz CT molecular complexity index is 571. The second-order valence-corrected chi connectivity index (χ2v) is 5.07. The van der Waals surface area contributed by atoms with Crippen molar-refractivity contribution in [3.63, 3.8) is 0 Å². The second kappa shape index (κ2) is 7.82. The average Bonchev–Trinajstić information content (AvgIpc) is 2.53. The van der Waals surface area contributed by atoms with Crippen LogP contribution < -0.4 is 16.6 Å². The molecule has 0 radical (unpaired) electrons. The van der Waals surface area contributed by atoms with E-state index in [-0.39, 0.29) is 0 Å². The predicted molar refractivity (Wildman–Crippen MR) is 86.9 cm³/mol. The molecule has 4 N–H and O–H groups in total. The van der Waals surface area contributed by atoms with Gasteiger partial charge in [0, 0.05) is 18.9 Å². The van der Waals surface area contributed by atoms with E-state index in [0.717, 1.165) is 12.1 Å². The Hall–Kier alpha value is -1.83. The molecule has 112 valence electrons. The molecule has 0 aliphatic rings. The van der Waals surface area contributed by atoms with E-state index < -0.39 is 0 Å². The van der Waals surface area contributed by atoms with E-state index in [0.29, 0.717) is 23.4 Å². The Morgan fingerprint density at radius 3 is 2.71 bits per heavy atom. The molecular formula is C14H19N5OS. The van der Waals surface area contributed by atoms with Crippen molar-refractivity contribution in [3.05, 3.63) is 35.9 Å². The van der Waals surface area contributed by atoms with Gasteiger partial charge in [-0.1, -0.05) is 30.0 Å². The second-order valence-electron chi connectivity index (χ2n) is 4.29. The molecule has 0 saturated carbocycles. The first kappa shape index (κ1) is 15.6. The first-order valence-corrected chi connectivity index (χ1v) is 7.73. The number of para-hydroxylation sites is 1. The van der Waals surface area contributed by atoms with Crippen LogP contribution in [0.15, 0.2) is 35.5 Å². The van der Waals surface area contributed by atoms with Crippen molar-refractivity contribution in [2.75, 3.05) is 30.7 Å². The summed E-state index contributed by atoms with van der Waals surface area (Å²) in [6.07, 6.45) is 2.76. The van der Waals surface area contributed by atoms with Crippen molar-refractivity contribution in [1.82, 2.24) is 9.97 Å². The molecule has 0 bridgehead atoms. The topological polar surface area (TPSA) is 85.1 Å². The van der Waals surface area contributed by atoms with Gasteiger partial charge >= 0.3 is 0 Å². The monoisotopic (exact) mass is 305 g/mol. The quantitative estimate of drug-likeness (QED) is 0.313. The lowest BCUT2D eigenvalue weighted by molar-refractivity contribution is 0.202. The number of thioether (sulfide) groups is 1. The summed E-state index contributed by atoms with van der Waals surface area (Å²) in [5.74, 6) is 6.71. The lowest BCUT2D eigenvalue weighted by atomic mass is 10.1. The first-order chi connectivity index (χ1) is 10.3. The van der Waals surface area contributed by atoms with Crippen molar-refractivity contribution in [2.24, 2.45) is 5.84 Å². The average molecular weight is 305 g/mol. The molecule has 0 spiro atoms. The number of nitrogens with two attached hydrogens (primary N) is 1. The molecule has 2 rings (SSSR count). The summed E-state index contributed by atoms with van der Waals surface area (Å²) in [7, 11) is 1.70. The molecule has 2 aromatic rings. The van der Waals surface area contributed by atoms with Crippen molar-refractivity contribution >= 4 is 29.1 Å². The number of anilines is 3. The molecule has 0 fully saturated rings. The first-order valence-electron chi connectivity index (χ1n) is 6.50. The molecule has 0 aliphatic carbocycles. The number of nitrogen functional groups attached to an aromatic ring is 1. The summed E-state index contributed by atoms with van der Waals surface area (Å²) in [5.41, 5.74) is 4.73. The highest BCUT2D eigenvalue weighted by Crippen LogP contribution is 2.23. The predicted octanol–water partition coefficient (Wildman–Crippen LogP) is 2.42. The lowest BCUT2D eigenvalue weighted by Crippen LogP contribution is -2.10. The fourth-order valence-corrected chi connectivity index (χ4v) is 2.24. The maximum Gasteiger partial charge on any atom is 0.191 e. The van der Waals surface area contributed by atoms with Gasteiger partial charge in [0.15, 0.2) is 5.16 Å². The standard InChI is InChI=1S/C14H19N5OS/c1-20-8-7-10-5-3-4-6-11(10)16-12-9-13(19-15)18-14(17-12)21-2/h3-6,9H,7-8,15H2,1-2H3,(H2,16,17,18,19). The fourth-order valence-electron chi connectivity index (χ4n) is 1.86. The number of nitrogens with zero attached hydrogens (tertiary/aromatic N) is 2. The van der Waals surface area contributed by atoms with Gasteiger partial charge in [-0.15, -0.1) is 0 Å². The van der Waals surface area contributed by atoms with E-state index in [1.165, 1.54) is 17.3 Å². The molecule has 0 amide bonds. The van der Waals surface area contributed by atoms with Gasteiger partial charge in [0.25, 0.3) is 0 Å². The van der Waals surface area contributed by atoms with Crippen LogP contribution in [0.25, 0.3) is 0 Å². The number of hydrogen-bond acceptors (Lipinski definition) is 7. The smallest absolute Gasteiger partial charge is 0.191 e. The minimum Gasteiger partial charge on any atom is -0.384 e. The molecule has 1 aromatic heterocycles. The van der Waals surface area contributed by atoms with Crippen LogP contribution in [-0.2, 0) is 11.2 Å². The highest BCUT2D eigenvalue weighted by Gasteiger charge is 2.06. The van der Waals surface area contributed by atoms with E-state index in [4.69, 9.17) is 10.6 Å². The normalized spacial score (nSPS) is 10.4. The van der Waals surface area contributed by atoms with Gasteiger partial charge in [-0.05, 0) is 24.3 Å². The van der Waals surface area contributed by atoms with Crippen LogP contribution in [0.5, 0.6) is 0 Å². The summed E-state index contributed by atoms with van der Waals surface area (Å²) in [4.78, 5) is 8.67. The van der Waals surface area contributed by atoms with Gasteiger partial charge < -0.3 is 15.5 Å². The summed E-state index contributed by atoms with van der Waals surface area (Å²) < 4.78 is 5.14. The van der Waals surface area contributed by atoms with E-state index in [2.05, 4.69) is 26.8 Å². The number of benzene rings is 1. The molecule has 1 aromatic carbocycles. The lowest BCUT2D eigenvalue weighted by Gasteiger charge is -2.12. The Morgan fingerprint density at radius 2 is 2.00 bits per heavy atom. The van der Waals surface area contributed by atoms with Crippen LogP contribution in [0, 0.1) is 0 Å². The summed E-state index contributed by atoms with van der Waals surface area (Å²) in [6, 6.07) is 9.85. The minimum atomic E-state index is 0.575. The van der Waals surface area contributed by atoms with Crippen molar-refractivity contribution < 1.29 is 4.74 Å². The zero-order valence-corrected chi connectivity index (χ0v) is 12.9. The fraction of sp³-hybridized carbons (Fsp3) is 0.286. The van der Waals surface area contributed by atoms with Crippen LogP contribution in [0.4, 0.5) is 17.3 Å². The van der Waals surface area contributed by atoms with Crippen LogP contribution in [0.1, 0.15) is 5.56 Å². The van der Waals surface area contributed by atoms with E-state index in [1.54, 1.807) is 13.2 Å². The molecule has 0 unspecified atom stereocenters. The van der Waals surface area contributed by atoms with Gasteiger partial charge in [0.05, 0.1) is 6.61 Å². The highest BCUT2D eigenvalue weighted by molar-refractivity contribution is 7.98. The number of hydrogen-bond donors (Lipinski definition) is 3. The Morgan fingerprint density at radius 1 is 1.24 bits per heavy atom. The van der Waals surface area contributed by atoms with Gasteiger partial charge in [-0.2, -0.15) is 0 Å². The largest absolute Gasteiger partial charge is 0.384 e. The third kappa shape index (κ3) is 4.32. The maximum atomic E-state index is 5.44. The zero-order chi connectivity index (χ0) is 15.1. The van der Waals surface area contributed by atoms with Gasteiger partial charge in [-0.25, -0.2) is 15.8 Å². The molecule has 1 heterocycles. The van der Waals surface area contributed by atoms with Crippen molar-refractivity contribution in [1.29, 1.82) is 0 Å². The van der Waals surface area contributed by atoms with Crippen molar-refractivity contribution in [2.45, 2.75) is 11.6 Å². The number of ether oxygens (including phenoxy) is 1. The SMILES string of the molecule is COCCc1ccccc1Nc1cc(NN)nc(SC)n1. The molecule has 7 heteroatoms. The Kier molecular flexibility index (Phi) is 5.79. The third-order valence-electron chi connectivity index (χ3n) is 2.89. The molecule has 21 heavy (non-hydrogen) atoms. The molecular weight excluding hydrogens is 286 g/mol. The van der Waals surface area contributed by atoms with Gasteiger partial charge in [-0.3, -0.25) is 0 Å². The third-order valence-corrected chi connectivity index (χ3v) is 3.44. The summed E-state index contributed by atoms with van der Waals surface area (Å²) in [6.45, 7) is 0.675. The van der Waals surface area contributed by atoms with E-state index in [1.807, 2.05) is 24.5 Å². The van der Waals surface area contributed by atoms with E-state index >= 15 is 0 Å². The van der Waals surface area contributed by atoms with Gasteiger partial charge in [0.2, 0.25) is 0 Å². The number of hydrazine groups is 1. The molecule has 0 aliphatic heterocycles. The highest BCUT2D eigenvalue weighted by atomic mass is 32.2. The number of aromatic nitrogens is 2. The Labute approximate surface area is 128 Å². The van der Waals surface area contributed by atoms with Crippen LogP contribution >= 0.6 is 11.8 Å². The molecule has 6 nitrogen and oxygen atoms in total. The zero-order valence-electron chi connectivity index (χ0n) is 12.1. The van der Waals surface area contributed by atoms with Gasteiger partial charge in [0.1, 0.15) is 11.6 Å². The van der Waals surface area contributed by atoms with Crippen LogP contribution in [-0.4, -0.2) is 29.9 Å². The number of rotatable bonds is 7. The van der Waals surface area contributed by atoms with Crippen LogP contribution in [0.2, 0.25) is 0 Å². The minimum absolute atomic E-state index is 0.575. The van der Waals surface area contributed by atoms with Crippen LogP contribution in [0.3, 0.4) is 0 Å². The Balaban J connectivity index is 2.25. The summed E-state index contributed by atoms with van der Waals surface area (Å²) >= 11 is 1.46. The number of nitrogens with one attached hydrogen (secondary N) is 2. The summed E-state index contributed by atoms with van der Waals surface area (Å²) in [5, 5.41) is 3.97. The van der Waals surface area contributed by atoms with E-state index in [9.17, 15) is 0 Å². The molecule has 0 saturated heterocycles. The number of methoxy groups -OCH3 is 1.